The van der Waals surface area contributed by atoms with Gasteiger partial charge in [0.15, 0.2) is 12.4 Å². The molecule has 1 amide bonds. The highest BCUT2D eigenvalue weighted by Crippen LogP contribution is 2.30. The molecular formula is C18H28N2O4S. The van der Waals surface area contributed by atoms with Gasteiger partial charge in [-0.05, 0) is 12.3 Å². The zero-order chi connectivity index (χ0) is 19.0. The van der Waals surface area contributed by atoms with Crippen molar-refractivity contribution < 1.29 is 19.1 Å². The third-order valence-electron chi connectivity index (χ3n) is 4.10. The summed E-state index contributed by atoms with van der Waals surface area (Å²) >= 11 is 1.29. The van der Waals surface area contributed by atoms with Crippen LogP contribution in [-0.2, 0) is 14.3 Å². The second-order valence-corrected chi connectivity index (χ2v) is 7.37. The van der Waals surface area contributed by atoms with Crippen LogP contribution in [0.3, 0.4) is 0 Å². The van der Waals surface area contributed by atoms with Crippen molar-refractivity contribution in [1.82, 2.24) is 9.88 Å². The number of nitrogens with zero attached hydrogens (tertiary/aromatic N) is 2. The molecule has 1 heterocycles. The first-order valence-corrected chi connectivity index (χ1v) is 9.51. The van der Waals surface area contributed by atoms with Crippen LogP contribution in [0.4, 0.5) is 0 Å². The van der Waals surface area contributed by atoms with Crippen LogP contribution in [-0.4, -0.2) is 41.1 Å². The quantitative estimate of drug-likeness (QED) is 0.466. The number of ether oxygens (including phenoxy) is 1. The van der Waals surface area contributed by atoms with Crippen molar-refractivity contribution >= 4 is 29.5 Å². The van der Waals surface area contributed by atoms with E-state index in [0.717, 1.165) is 12.8 Å². The molecule has 2 unspecified atom stereocenters. The van der Waals surface area contributed by atoms with Gasteiger partial charge in [0.2, 0.25) is 5.91 Å². The SMILES string of the molecule is CCCCC(=O)N(C)C(CC(OC(C)=O)c1nc(C=O)cs1)C(C)C. The van der Waals surface area contributed by atoms with Gasteiger partial charge in [0, 0.05) is 38.2 Å². The largest absolute Gasteiger partial charge is 0.455 e. The van der Waals surface area contributed by atoms with Crippen molar-refractivity contribution in [3.63, 3.8) is 0 Å². The van der Waals surface area contributed by atoms with Gasteiger partial charge >= 0.3 is 5.97 Å². The Morgan fingerprint density at radius 1 is 1.40 bits per heavy atom. The maximum Gasteiger partial charge on any atom is 0.303 e. The molecule has 0 aliphatic heterocycles. The van der Waals surface area contributed by atoms with E-state index in [-0.39, 0.29) is 17.9 Å². The van der Waals surface area contributed by atoms with Gasteiger partial charge in [-0.2, -0.15) is 0 Å². The summed E-state index contributed by atoms with van der Waals surface area (Å²) in [4.78, 5) is 40.8. The highest BCUT2D eigenvalue weighted by Gasteiger charge is 2.29. The summed E-state index contributed by atoms with van der Waals surface area (Å²) in [7, 11) is 1.80. The van der Waals surface area contributed by atoms with E-state index in [9.17, 15) is 14.4 Å². The highest BCUT2D eigenvalue weighted by atomic mass is 32.1. The number of amides is 1. The van der Waals surface area contributed by atoms with E-state index in [1.165, 1.54) is 18.3 Å². The standard InChI is InChI=1S/C18H28N2O4S/c1-6-7-8-17(23)20(5)15(12(2)3)9-16(24-13(4)22)18-19-14(10-21)11-25-18/h10-12,15-16H,6-9H2,1-5H3. The number of unbranched alkanes of at least 4 members (excludes halogenated alkanes) is 1. The van der Waals surface area contributed by atoms with E-state index in [4.69, 9.17) is 4.74 Å². The van der Waals surface area contributed by atoms with Crippen molar-refractivity contribution in [3.8, 4) is 0 Å². The average Bonchev–Trinajstić information content (AvgIpc) is 3.04. The Hall–Kier alpha value is -1.76. The molecule has 1 aromatic rings. The van der Waals surface area contributed by atoms with Crippen LogP contribution in [0.15, 0.2) is 5.38 Å². The normalized spacial score (nSPS) is 13.4. The van der Waals surface area contributed by atoms with E-state index in [0.29, 0.717) is 29.8 Å². The average molecular weight is 368 g/mol. The Morgan fingerprint density at radius 3 is 2.56 bits per heavy atom. The lowest BCUT2D eigenvalue weighted by Crippen LogP contribution is -2.41. The van der Waals surface area contributed by atoms with Gasteiger partial charge in [0.05, 0.1) is 0 Å². The highest BCUT2D eigenvalue weighted by molar-refractivity contribution is 7.09. The van der Waals surface area contributed by atoms with E-state index in [2.05, 4.69) is 11.9 Å². The Kier molecular flexibility index (Phi) is 8.75. The van der Waals surface area contributed by atoms with Gasteiger partial charge in [-0.1, -0.05) is 27.2 Å². The predicted octanol–water partition coefficient (Wildman–Crippen LogP) is 3.62. The topological polar surface area (TPSA) is 76.6 Å². The summed E-state index contributed by atoms with van der Waals surface area (Å²) in [6, 6.07) is -0.0858. The van der Waals surface area contributed by atoms with E-state index < -0.39 is 12.1 Å². The molecule has 7 heteroatoms. The number of hydrogen-bond acceptors (Lipinski definition) is 6. The van der Waals surface area contributed by atoms with Crippen LogP contribution in [0.2, 0.25) is 0 Å². The summed E-state index contributed by atoms with van der Waals surface area (Å²) in [5, 5.41) is 2.22. The second kappa shape index (κ2) is 10.3. The molecule has 25 heavy (non-hydrogen) atoms. The molecule has 0 bridgehead atoms. The lowest BCUT2D eigenvalue weighted by Gasteiger charge is -2.33. The van der Waals surface area contributed by atoms with Crippen LogP contribution < -0.4 is 0 Å². The fourth-order valence-corrected chi connectivity index (χ4v) is 3.49. The second-order valence-electron chi connectivity index (χ2n) is 6.48. The third-order valence-corrected chi connectivity index (χ3v) is 5.06. The van der Waals surface area contributed by atoms with E-state index in [1.54, 1.807) is 17.3 Å². The van der Waals surface area contributed by atoms with Crippen molar-refractivity contribution in [1.29, 1.82) is 0 Å². The monoisotopic (exact) mass is 368 g/mol. The Morgan fingerprint density at radius 2 is 2.08 bits per heavy atom. The van der Waals surface area contributed by atoms with Gasteiger partial charge in [-0.15, -0.1) is 11.3 Å². The molecule has 0 saturated heterocycles. The number of rotatable bonds is 10. The summed E-state index contributed by atoms with van der Waals surface area (Å²) < 4.78 is 5.44. The molecule has 0 saturated carbocycles. The zero-order valence-electron chi connectivity index (χ0n) is 15.7. The minimum absolute atomic E-state index is 0.0858. The number of hydrogen-bond donors (Lipinski definition) is 0. The Balaban J connectivity index is 2.97. The summed E-state index contributed by atoms with van der Waals surface area (Å²) in [6.45, 7) is 7.48. The molecule has 0 fully saturated rings. The van der Waals surface area contributed by atoms with Crippen LogP contribution in [0, 0.1) is 5.92 Å². The minimum atomic E-state index is -0.565. The predicted molar refractivity (Wildman–Crippen MR) is 97.5 cm³/mol. The number of aldehydes is 1. The van der Waals surface area contributed by atoms with Crippen LogP contribution in [0.1, 0.15) is 75.0 Å². The first-order chi connectivity index (χ1) is 11.8. The maximum atomic E-state index is 12.4. The minimum Gasteiger partial charge on any atom is -0.455 e. The fourth-order valence-electron chi connectivity index (χ4n) is 2.69. The van der Waals surface area contributed by atoms with Crippen molar-refractivity contribution in [2.75, 3.05) is 7.05 Å². The van der Waals surface area contributed by atoms with Crippen molar-refractivity contribution in [2.24, 2.45) is 5.92 Å². The molecule has 0 spiro atoms. The van der Waals surface area contributed by atoms with Gasteiger partial charge in [0.25, 0.3) is 0 Å². The molecule has 6 nitrogen and oxygen atoms in total. The summed E-state index contributed by atoms with van der Waals surface area (Å²) in [5.74, 6) is -0.121. The summed E-state index contributed by atoms with van der Waals surface area (Å²) in [6.07, 6.45) is 2.90. The third kappa shape index (κ3) is 6.57. The molecule has 1 aromatic heterocycles. The molecule has 0 N–H and O–H groups in total. The lowest BCUT2D eigenvalue weighted by atomic mass is 9.96. The molecule has 0 radical (unpaired) electrons. The molecule has 1 rings (SSSR count). The first kappa shape index (κ1) is 21.3. The number of esters is 1. The number of carbonyl (C=O) groups is 3. The zero-order valence-corrected chi connectivity index (χ0v) is 16.5. The van der Waals surface area contributed by atoms with E-state index >= 15 is 0 Å². The molecule has 0 aliphatic carbocycles. The van der Waals surface area contributed by atoms with Gasteiger partial charge in [0.1, 0.15) is 10.7 Å². The Bertz CT molecular complexity index is 585. The van der Waals surface area contributed by atoms with Crippen LogP contribution >= 0.6 is 11.3 Å². The van der Waals surface area contributed by atoms with Crippen LogP contribution in [0.25, 0.3) is 0 Å². The fraction of sp³-hybridized carbons (Fsp3) is 0.667. The molecule has 0 aliphatic rings. The molecule has 140 valence electrons. The molecule has 0 aromatic carbocycles. The number of carbonyl (C=O) groups excluding carboxylic acids is 3. The van der Waals surface area contributed by atoms with E-state index in [1.807, 2.05) is 13.8 Å². The first-order valence-electron chi connectivity index (χ1n) is 8.63. The number of thiazole rings is 1. The van der Waals surface area contributed by atoms with Gasteiger partial charge in [-0.3, -0.25) is 14.4 Å². The van der Waals surface area contributed by atoms with Crippen molar-refractivity contribution in [3.05, 3.63) is 16.1 Å². The molecule has 2 atom stereocenters. The lowest BCUT2D eigenvalue weighted by molar-refractivity contribution is -0.148. The number of aromatic nitrogens is 1. The maximum absolute atomic E-state index is 12.4. The summed E-state index contributed by atoms with van der Waals surface area (Å²) in [5.41, 5.74) is 0.325. The Labute approximate surface area is 153 Å². The van der Waals surface area contributed by atoms with Gasteiger partial charge in [-0.25, -0.2) is 4.98 Å². The smallest absolute Gasteiger partial charge is 0.303 e. The molecular weight excluding hydrogens is 340 g/mol. The van der Waals surface area contributed by atoms with Gasteiger partial charge < -0.3 is 9.64 Å². The van der Waals surface area contributed by atoms with Crippen LogP contribution in [0.5, 0.6) is 0 Å². The van der Waals surface area contributed by atoms with Crippen molar-refractivity contribution in [2.45, 2.75) is 65.5 Å².